The van der Waals surface area contributed by atoms with Crippen molar-refractivity contribution >= 4 is 0 Å². The van der Waals surface area contributed by atoms with Gasteiger partial charge in [0.25, 0.3) is 0 Å². The summed E-state index contributed by atoms with van der Waals surface area (Å²) in [5.74, 6) is 0. The number of rotatable bonds is 1. The van der Waals surface area contributed by atoms with Crippen LogP contribution in [0.2, 0.25) is 0 Å². The summed E-state index contributed by atoms with van der Waals surface area (Å²) in [7, 11) is 0. The quantitative estimate of drug-likeness (QED) is 0.647. The Labute approximate surface area is 85.3 Å². The average molecular weight is 194 g/mol. The van der Waals surface area contributed by atoms with Gasteiger partial charge in [0.2, 0.25) is 0 Å². The lowest BCUT2D eigenvalue weighted by Gasteiger charge is -2.31. The van der Waals surface area contributed by atoms with Gasteiger partial charge >= 0.3 is 0 Å². The first kappa shape index (κ1) is 9.94. The molecule has 1 N–H and O–H groups in total. The molecule has 1 heterocycles. The topological polar surface area (TPSA) is 29.5 Å². The molecule has 0 amide bonds. The maximum atomic E-state index is 9.48. The van der Waals surface area contributed by atoms with Gasteiger partial charge in [0.15, 0.2) is 0 Å². The minimum atomic E-state index is -0.419. The Morgan fingerprint density at radius 1 is 1.57 bits per heavy atom. The van der Waals surface area contributed by atoms with E-state index in [0.717, 1.165) is 6.42 Å². The lowest BCUT2D eigenvalue weighted by Crippen LogP contribution is -2.27. The standard InChI is InChI=1S/C12H18O2/c1-8(13)11-7-9-10(14-11)5-4-6-12(9,2)3/h4-5,7-8,10-11,13H,6H2,1-3H3/t8?,10-,11-/m1/s1. The molecule has 2 nitrogen and oxygen atoms in total. The highest BCUT2D eigenvalue weighted by molar-refractivity contribution is 5.32. The van der Waals surface area contributed by atoms with Crippen molar-refractivity contribution in [2.24, 2.45) is 5.41 Å². The van der Waals surface area contributed by atoms with E-state index in [-0.39, 0.29) is 17.6 Å². The van der Waals surface area contributed by atoms with Gasteiger partial charge in [-0.15, -0.1) is 0 Å². The van der Waals surface area contributed by atoms with E-state index in [1.165, 1.54) is 5.57 Å². The van der Waals surface area contributed by atoms with Gasteiger partial charge in [-0.05, 0) is 24.3 Å². The van der Waals surface area contributed by atoms with E-state index < -0.39 is 6.10 Å². The normalized spacial score (nSPS) is 36.4. The summed E-state index contributed by atoms with van der Waals surface area (Å²) in [6, 6.07) is 0. The van der Waals surface area contributed by atoms with Gasteiger partial charge in [0.05, 0.1) is 12.2 Å². The van der Waals surface area contributed by atoms with Crippen LogP contribution in [0.5, 0.6) is 0 Å². The molecule has 1 unspecified atom stereocenters. The fourth-order valence-electron chi connectivity index (χ4n) is 2.17. The van der Waals surface area contributed by atoms with Gasteiger partial charge in [-0.2, -0.15) is 0 Å². The van der Waals surface area contributed by atoms with Crippen molar-refractivity contribution in [3.63, 3.8) is 0 Å². The summed E-state index contributed by atoms with van der Waals surface area (Å²) in [6.07, 6.45) is 6.98. The van der Waals surface area contributed by atoms with Gasteiger partial charge in [-0.25, -0.2) is 0 Å². The van der Waals surface area contributed by atoms with Gasteiger partial charge < -0.3 is 9.84 Å². The summed E-state index contributed by atoms with van der Waals surface area (Å²) in [6.45, 7) is 6.22. The first-order valence-electron chi connectivity index (χ1n) is 5.23. The summed E-state index contributed by atoms with van der Waals surface area (Å²) < 4.78 is 5.73. The van der Waals surface area contributed by atoms with Crippen molar-refractivity contribution in [1.82, 2.24) is 0 Å². The molecule has 2 heteroatoms. The molecule has 78 valence electrons. The third kappa shape index (κ3) is 1.53. The molecule has 3 atom stereocenters. The monoisotopic (exact) mass is 194 g/mol. The maximum Gasteiger partial charge on any atom is 0.103 e. The molecule has 0 bridgehead atoms. The van der Waals surface area contributed by atoms with Gasteiger partial charge in [-0.3, -0.25) is 0 Å². The van der Waals surface area contributed by atoms with Crippen molar-refractivity contribution < 1.29 is 9.84 Å². The Bertz CT molecular complexity index is 287. The van der Waals surface area contributed by atoms with Gasteiger partial charge in [-0.1, -0.05) is 32.1 Å². The van der Waals surface area contributed by atoms with Crippen LogP contribution in [0.25, 0.3) is 0 Å². The minimum Gasteiger partial charge on any atom is -0.390 e. The zero-order valence-electron chi connectivity index (χ0n) is 9.03. The second-order valence-corrected chi connectivity index (χ2v) is 4.90. The molecule has 1 aliphatic carbocycles. The molecule has 0 aromatic carbocycles. The zero-order chi connectivity index (χ0) is 10.3. The van der Waals surface area contributed by atoms with Crippen molar-refractivity contribution in [3.05, 3.63) is 23.8 Å². The lowest BCUT2D eigenvalue weighted by molar-refractivity contribution is -0.00388. The SMILES string of the molecule is CC(O)[C@H]1C=C2[C@@H](C=CCC2(C)C)O1. The fourth-order valence-corrected chi connectivity index (χ4v) is 2.17. The van der Waals surface area contributed by atoms with E-state index in [4.69, 9.17) is 4.74 Å². The summed E-state index contributed by atoms with van der Waals surface area (Å²) in [5.41, 5.74) is 1.51. The van der Waals surface area contributed by atoms with Gasteiger partial charge in [0.1, 0.15) is 6.10 Å². The van der Waals surface area contributed by atoms with Crippen LogP contribution in [-0.4, -0.2) is 23.4 Å². The van der Waals surface area contributed by atoms with Crippen LogP contribution in [0, 0.1) is 5.41 Å². The van der Waals surface area contributed by atoms with E-state index in [2.05, 4.69) is 32.1 Å². The Morgan fingerprint density at radius 2 is 2.29 bits per heavy atom. The zero-order valence-corrected chi connectivity index (χ0v) is 9.03. The molecule has 1 aliphatic heterocycles. The number of hydrogen-bond acceptors (Lipinski definition) is 2. The smallest absolute Gasteiger partial charge is 0.103 e. The second-order valence-electron chi connectivity index (χ2n) is 4.90. The van der Waals surface area contributed by atoms with Crippen molar-refractivity contribution in [2.45, 2.75) is 45.5 Å². The van der Waals surface area contributed by atoms with E-state index in [1.54, 1.807) is 6.92 Å². The molecule has 14 heavy (non-hydrogen) atoms. The number of aliphatic hydroxyl groups is 1. The van der Waals surface area contributed by atoms with Crippen LogP contribution in [0.15, 0.2) is 23.8 Å². The van der Waals surface area contributed by atoms with Crippen LogP contribution < -0.4 is 0 Å². The molecule has 2 aliphatic rings. The lowest BCUT2D eigenvalue weighted by atomic mass is 9.75. The number of aliphatic hydroxyl groups excluding tert-OH is 1. The molecule has 0 radical (unpaired) electrons. The molecule has 0 fully saturated rings. The molecular formula is C12H18O2. The van der Waals surface area contributed by atoms with Crippen LogP contribution in [0.4, 0.5) is 0 Å². The molecule has 0 saturated heterocycles. The summed E-state index contributed by atoms with van der Waals surface area (Å²) in [5, 5.41) is 9.48. The molecular weight excluding hydrogens is 176 g/mol. The number of fused-ring (bicyclic) bond motifs is 1. The first-order chi connectivity index (χ1) is 6.50. The fraction of sp³-hybridized carbons (Fsp3) is 0.667. The second kappa shape index (κ2) is 3.21. The largest absolute Gasteiger partial charge is 0.390 e. The van der Waals surface area contributed by atoms with Crippen molar-refractivity contribution in [3.8, 4) is 0 Å². The average Bonchev–Trinajstić information content (AvgIpc) is 2.48. The molecule has 0 saturated carbocycles. The third-order valence-electron chi connectivity index (χ3n) is 3.15. The van der Waals surface area contributed by atoms with Crippen molar-refractivity contribution in [2.75, 3.05) is 0 Å². The highest BCUT2D eigenvalue weighted by Crippen LogP contribution is 2.42. The van der Waals surface area contributed by atoms with Crippen LogP contribution >= 0.6 is 0 Å². The van der Waals surface area contributed by atoms with E-state index >= 15 is 0 Å². The first-order valence-corrected chi connectivity index (χ1v) is 5.23. The highest BCUT2D eigenvalue weighted by atomic mass is 16.5. The number of ether oxygens (including phenoxy) is 1. The van der Waals surface area contributed by atoms with E-state index in [9.17, 15) is 5.11 Å². The maximum absolute atomic E-state index is 9.48. The Morgan fingerprint density at radius 3 is 2.86 bits per heavy atom. The van der Waals surface area contributed by atoms with Crippen LogP contribution in [0.3, 0.4) is 0 Å². The Balaban J connectivity index is 2.27. The molecule has 0 aromatic rings. The summed E-state index contributed by atoms with van der Waals surface area (Å²) >= 11 is 0. The number of hydrogen-bond donors (Lipinski definition) is 1. The van der Waals surface area contributed by atoms with E-state index in [1.807, 2.05) is 0 Å². The van der Waals surface area contributed by atoms with Crippen LogP contribution in [0.1, 0.15) is 27.2 Å². The Kier molecular flexibility index (Phi) is 2.28. The molecule has 0 spiro atoms. The Hall–Kier alpha value is -0.600. The molecule has 0 aromatic heterocycles. The minimum absolute atomic E-state index is 0.0957. The van der Waals surface area contributed by atoms with E-state index in [0.29, 0.717) is 0 Å². The van der Waals surface area contributed by atoms with Gasteiger partial charge in [0, 0.05) is 0 Å². The predicted octanol–water partition coefficient (Wildman–Crippen LogP) is 2.05. The summed E-state index contributed by atoms with van der Waals surface area (Å²) in [4.78, 5) is 0. The van der Waals surface area contributed by atoms with Crippen molar-refractivity contribution in [1.29, 1.82) is 0 Å². The molecule has 2 rings (SSSR count). The number of allylic oxidation sites excluding steroid dienone is 1. The van der Waals surface area contributed by atoms with Crippen LogP contribution in [-0.2, 0) is 4.74 Å². The third-order valence-corrected chi connectivity index (χ3v) is 3.15. The highest BCUT2D eigenvalue weighted by Gasteiger charge is 2.37. The predicted molar refractivity (Wildman–Crippen MR) is 56.0 cm³/mol.